The summed E-state index contributed by atoms with van der Waals surface area (Å²) in [5.41, 5.74) is 4.75. The van der Waals surface area contributed by atoms with E-state index in [4.69, 9.17) is 21.1 Å². The van der Waals surface area contributed by atoms with Crippen molar-refractivity contribution in [3.63, 3.8) is 0 Å². The molecule has 3 rings (SSSR count). The summed E-state index contributed by atoms with van der Waals surface area (Å²) >= 11 is 5.88. The van der Waals surface area contributed by atoms with Gasteiger partial charge in [-0.1, -0.05) is 48.5 Å². The van der Waals surface area contributed by atoms with Gasteiger partial charge in [0.2, 0.25) is 0 Å². The summed E-state index contributed by atoms with van der Waals surface area (Å²) < 4.78 is 11.3. The van der Waals surface area contributed by atoms with E-state index < -0.39 is 0 Å². The van der Waals surface area contributed by atoms with Crippen LogP contribution in [0.5, 0.6) is 11.5 Å². The molecule has 30 heavy (non-hydrogen) atoms. The van der Waals surface area contributed by atoms with Gasteiger partial charge in [-0.05, 0) is 54.1 Å². The molecule has 3 aromatic carbocycles. The highest BCUT2D eigenvalue weighted by atomic mass is 35.5. The van der Waals surface area contributed by atoms with Gasteiger partial charge in [-0.2, -0.15) is 5.10 Å². The lowest BCUT2D eigenvalue weighted by molar-refractivity contribution is 0.0955. The topological polar surface area (TPSA) is 59.9 Å². The van der Waals surface area contributed by atoms with Gasteiger partial charge in [0.15, 0.2) is 0 Å². The minimum absolute atomic E-state index is 0.319. The molecule has 3 aromatic rings. The van der Waals surface area contributed by atoms with Crippen LogP contribution in [0.15, 0.2) is 90.6 Å². The maximum absolute atomic E-state index is 12.3. The average molecular weight is 421 g/mol. The van der Waals surface area contributed by atoms with Gasteiger partial charge in [0, 0.05) is 16.1 Å². The third kappa shape index (κ3) is 6.22. The molecule has 0 aliphatic carbocycles. The first-order chi connectivity index (χ1) is 14.7. The lowest BCUT2D eigenvalue weighted by atomic mass is 10.2. The number of hydrazone groups is 1. The standard InChI is InChI=1S/C24H21ClN2O3/c1-2-15-29-23-6-4-3-5-20(23)16-26-27-24(28)19-9-13-22(14-10-19)30-17-18-7-11-21(25)12-8-18/h2-14,16H,1,15,17H2,(H,27,28)/b26-16-. The van der Waals surface area contributed by atoms with Gasteiger partial charge in [-0.25, -0.2) is 5.43 Å². The van der Waals surface area contributed by atoms with E-state index in [0.717, 1.165) is 11.1 Å². The Morgan fingerprint density at radius 1 is 1.00 bits per heavy atom. The van der Waals surface area contributed by atoms with Crippen LogP contribution in [-0.4, -0.2) is 18.7 Å². The van der Waals surface area contributed by atoms with Crippen molar-refractivity contribution in [2.75, 3.05) is 6.61 Å². The Kier molecular flexibility index (Phi) is 7.64. The molecule has 1 N–H and O–H groups in total. The van der Waals surface area contributed by atoms with Gasteiger partial charge < -0.3 is 9.47 Å². The Morgan fingerprint density at radius 3 is 2.47 bits per heavy atom. The number of halogens is 1. The molecule has 0 unspecified atom stereocenters. The number of benzene rings is 3. The lowest BCUT2D eigenvalue weighted by Gasteiger charge is -2.07. The van der Waals surface area contributed by atoms with Crippen LogP contribution in [0.25, 0.3) is 0 Å². The van der Waals surface area contributed by atoms with Crippen LogP contribution in [0.2, 0.25) is 5.02 Å². The highest BCUT2D eigenvalue weighted by Crippen LogP contribution is 2.17. The fourth-order valence-electron chi connectivity index (χ4n) is 2.54. The van der Waals surface area contributed by atoms with Crippen molar-refractivity contribution in [2.24, 2.45) is 5.10 Å². The zero-order chi connectivity index (χ0) is 21.2. The van der Waals surface area contributed by atoms with Crippen LogP contribution in [0.1, 0.15) is 21.5 Å². The molecule has 0 aromatic heterocycles. The summed E-state index contributed by atoms with van der Waals surface area (Å²) in [5, 5.41) is 4.70. The zero-order valence-electron chi connectivity index (χ0n) is 16.3. The molecule has 6 heteroatoms. The molecule has 0 radical (unpaired) electrons. The Bertz CT molecular complexity index is 1020. The fourth-order valence-corrected chi connectivity index (χ4v) is 2.67. The number of nitrogens with zero attached hydrogens (tertiary/aromatic N) is 1. The number of rotatable bonds is 9. The predicted octanol–water partition coefficient (Wildman–Crippen LogP) is 5.25. The second-order valence-corrected chi connectivity index (χ2v) is 6.71. The molecule has 0 atom stereocenters. The maximum Gasteiger partial charge on any atom is 0.271 e. The minimum atomic E-state index is -0.319. The van der Waals surface area contributed by atoms with E-state index in [1.165, 1.54) is 0 Å². The molecule has 5 nitrogen and oxygen atoms in total. The van der Waals surface area contributed by atoms with Crippen molar-refractivity contribution in [1.82, 2.24) is 5.43 Å². The largest absolute Gasteiger partial charge is 0.489 e. The second-order valence-electron chi connectivity index (χ2n) is 6.28. The van der Waals surface area contributed by atoms with Gasteiger partial charge >= 0.3 is 0 Å². The number of ether oxygens (including phenoxy) is 2. The Hall–Kier alpha value is -3.57. The highest BCUT2D eigenvalue weighted by molar-refractivity contribution is 6.30. The molecule has 0 bridgehead atoms. The third-order valence-corrected chi connectivity index (χ3v) is 4.33. The summed E-state index contributed by atoms with van der Waals surface area (Å²) in [4.78, 5) is 12.3. The molecule has 0 aliphatic heterocycles. The summed E-state index contributed by atoms with van der Waals surface area (Å²) in [6, 6.07) is 21.7. The molecule has 1 amide bonds. The number of hydrogen-bond acceptors (Lipinski definition) is 4. The number of carbonyl (C=O) groups is 1. The van der Waals surface area contributed by atoms with E-state index >= 15 is 0 Å². The van der Waals surface area contributed by atoms with Crippen LogP contribution in [0.4, 0.5) is 0 Å². The summed E-state index contributed by atoms with van der Waals surface area (Å²) in [6.07, 6.45) is 3.21. The number of para-hydroxylation sites is 1. The third-order valence-electron chi connectivity index (χ3n) is 4.08. The number of carbonyl (C=O) groups excluding carboxylic acids is 1. The van der Waals surface area contributed by atoms with Crippen molar-refractivity contribution in [3.05, 3.63) is 107 Å². The summed E-state index contributed by atoms with van der Waals surface area (Å²) in [6.45, 7) is 4.44. The van der Waals surface area contributed by atoms with Crippen LogP contribution >= 0.6 is 11.6 Å². The molecule has 0 saturated carbocycles. The van der Waals surface area contributed by atoms with Crippen molar-refractivity contribution < 1.29 is 14.3 Å². The van der Waals surface area contributed by atoms with Gasteiger partial charge in [0.05, 0.1) is 6.21 Å². The Morgan fingerprint density at radius 2 is 1.73 bits per heavy atom. The van der Waals surface area contributed by atoms with Crippen molar-refractivity contribution in [1.29, 1.82) is 0 Å². The first-order valence-electron chi connectivity index (χ1n) is 9.29. The first-order valence-corrected chi connectivity index (χ1v) is 9.67. The van der Waals surface area contributed by atoms with E-state index in [0.29, 0.717) is 35.3 Å². The quantitative estimate of drug-likeness (QED) is 0.292. The normalized spacial score (nSPS) is 10.6. The highest BCUT2D eigenvalue weighted by Gasteiger charge is 2.05. The lowest BCUT2D eigenvalue weighted by Crippen LogP contribution is -2.17. The van der Waals surface area contributed by atoms with Crippen LogP contribution in [0.3, 0.4) is 0 Å². The number of hydrogen-bond donors (Lipinski definition) is 1. The molecule has 0 saturated heterocycles. The smallest absolute Gasteiger partial charge is 0.271 e. The van der Waals surface area contributed by atoms with Gasteiger partial charge in [-0.3, -0.25) is 4.79 Å². The molecular weight excluding hydrogens is 400 g/mol. The van der Waals surface area contributed by atoms with E-state index in [2.05, 4.69) is 17.1 Å². The van der Waals surface area contributed by atoms with Gasteiger partial charge in [-0.15, -0.1) is 0 Å². The fraction of sp³-hybridized carbons (Fsp3) is 0.0833. The van der Waals surface area contributed by atoms with E-state index in [1.807, 2.05) is 48.5 Å². The van der Waals surface area contributed by atoms with Crippen LogP contribution in [-0.2, 0) is 6.61 Å². The first kappa shape index (κ1) is 21.1. The monoisotopic (exact) mass is 420 g/mol. The van der Waals surface area contributed by atoms with Crippen molar-refractivity contribution >= 4 is 23.7 Å². The van der Waals surface area contributed by atoms with E-state index in [1.54, 1.807) is 36.6 Å². The SMILES string of the molecule is C=CCOc1ccccc1/C=N\NC(=O)c1ccc(OCc2ccc(Cl)cc2)cc1. The predicted molar refractivity (Wildman–Crippen MR) is 119 cm³/mol. The van der Waals surface area contributed by atoms with Crippen LogP contribution in [0, 0.1) is 0 Å². The van der Waals surface area contributed by atoms with Gasteiger partial charge in [0.1, 0.15) is 24.7 Å². The molecule has 0 fully saturated rings. The van der Waals surface area contributed by atoms with E-state index in [-0.39, 0.29) is 5.91 Å². The zero-order valence-corrected chi connectivity index (χ0v) is 17.0. The minimum Gasteiger partial charge on any atom is -0.489 e. The average Bonchev–Trinajstić information content (AvgIpc) is 2.78. The molecule has 0 heterocycles. The maximum atomic E-state index is 12.3. The van der Waals surface area contributed by atoms with Crippen molar-refractivity contribution in [2.45, 2.75) is 6.61 Å². The Balaban J connectivity index is 1.54. The van der Waals surface area contributed by atoms with Crippen molar-refractivity contribution in [3.8, 4) is 11.5 Å². The Labute approximate surface area is 180 Å². The summed E-state index contributed by atoms with van der Waals surface area (Å²) in [5.74, 6) is 1.01. The molecular formula is C24H21ClN2O3. The van der Waals surface area contributed by atoms with Crippen LogP contribution < -0.4 is 14.9 Å². The van der Waals surface area contributed by atoms with Gasteiger partial charge in [0.25, 0.3) is 5.91 Å². The number of nitrogens with one attached hydrogen (secondary N) is 1. The second kappa shape index (κ2) is 10.8. The number of amides is 1. The molecule has 0 aliphatic rings. The van der Waals surface area contributed by atoms with E-state index in [9.17, 15) is 4.79 Å². The molecule has 152 valence electrons. The summed E-state index contributed by atoms with van der Waals surface area (Å²) in [7, 11) is 0. The molecule has 0 spiro atoms.